The first-order valence-electron chi connectivity index (χ1n) is 6.51. The molecule has 0 amide bonds. The van der Waals surface area contributed by atoms with Crippen LogP contribution in [0.5, 0.6) is 0 Å². The molecule has 0 aliphatic heterocycles. The Hall–Kier alpha value is -1.58. The molecule has 20 heavy (non-hydrogen) atoms. The highest BCUT2D eigenvalue weighted by Gasteiger charge is 2.04. The van der Waals surface area contributed by atoms with E-state index in [1.54, 1.807) is 6.07 Å². The first kappa shape index (κ1) is 14.8. The Morgan fingerprint density at radius 2 is 1.85 bits per heavy atom. The Bertz CT molecular complexity index is 569. The lowest BCUT2D eigenvalue weighted by Crippen LogP contribution is -2.20. The summed E-state index contributed by atoms with van der Waals surface area (Å²) >= 11 is 6.15. The Kier molecular flexibility index (Phi) is 4.99. The van der Waals surface area contributed by atoms with Crippen LogP contribution in [0.4, 0.5) is 10.1 Å². The maximum absolute atomic E-state index is 12.8. The van der Waals surface area contributed by atoms with Crippen LogP contribution in [-0.4, -0.2) is 18.5 Å². The topological polar surface area (TPSA) is 29.3 Å². The fraction of sp³-hybridized carbons (Fsp3) is 0.250. The smallest absolute Gasteiger partial charge is 0.123 e. The number of nitrogens with zero attached hydrogens (tertiary/aromatic N) is 1. The van der Waals surface area contributed by atoms with Crippen molar-refractivity contribution in [3.63, 3.8) is 0 Å². The molecule has 0 bridgehead atoms. The molecule has 0 atom stereocenters. The van der Waals surface area contributed by atoms with E-state index >= 15 is 0 Å². The molecule has 2 aromatic carbocycles. The van der Waals surface area contributed by atoms with E-state index in [0.717, 1.165) is 30.6 Å². The molecule has 0 heterocycles. The van der Waals surface area contributed by atoms with Gasteiger partial charge in [0.15, 0.2) is 0 Å². The van der Waals surface area contributed by atoms with Crippen LogP contribution in [0.3, 0.4) is 0 Å². The SMILES string of the molecule is CN(CCc1ccc(N)cc1Cl)Cc1ccc(F)cc1. The molecule has 0 aromatic heterocycles. The first-order chi connectivity index (χ1) is 9.54. The highest BCUT2D eigenvalue weighted by atomic mass is 35.5. The quantitative estimate of drug-likeness (QED) is 0.851. The van der Waals surface area contributed by atoms with Crippen LogP contribution in [0.2, 0.25) is 5.02 Å². The van der Waals surface area contributed by atoms with E-state index in [-0.39, 0.29) is 5.82 Å². The standard InChI is InChI=1S/C16H18ClFN2/c1-20(11-12-2-5-14(18)6-3-12)9-8-13-4-7-15(19)10-16(13)17/h2-7,10H,8-9,11,19H2,1H3. The van der Waals surface area contributed by atoms with E-state index in [0.29, 0.717) is 10.7 Å². The number of likely N-dealkylation sites (N-methyl/N-ethyl adjacent to an activating group) is 1. The molecule has 4 heteroatoms. The molecule has 0 fully saturated rings. The molecule has 0 radical (unpaired) electrons. The molecule has 0 saturated carbocycles. The number of halogens is 2. The lowest BCUT2D eigenvalue weighted by molar-refractivity contribution is 0.331. The highest BCUT2D eigenvalue weighted by molar-refractivity contribution is 6.31. The molecule has 2 nitrogen and oxygen atoms in total. The van der Waals surface area contributed by atoms with Gasteiger partial charge in [0.25, 0.3) is 0 Å². The average Bonchev–Trinajstić information content (AvgIpc) is 2.40. The van der Waals surface area contributed by atoms with Crippen molar-refractivity contribution < 1.29 is 4.39 Å². The van der Waals surface area contributed by atoms with Gasteiger partial charge >= 0.3 is 0 Å². The van der Waals surface area contributed by atoms with Crippen molar-refractivity contribution in [2.75, 3.05) is 19.3 Å². The van der Waals surface area contributed by atoms with Crippen LogP contribution in [0.15, 0.2) is 42.5 Å². The van der Waals surface area contributed by atoms with Crippen LogP contribution >= 0.6 is 11.6 Å². The zero-order valence-corrected chi connectivity index (χ0v) is 12.2. The summed E-state index contributed by atoms with van der Waals surface area (Å²) < 4.78 is 12.8. The summed E-state index contributed by atoms with van der Waals surface area (Å²) in [6.07, 6.45) is 0.858. The molecular formula is C16H18ClFN2. The highest BCUT2D eigenvalue weighted by Crippen LogP contribution is 2.20. The second-order valence-corrected chi connectivity index (χ2v) is 5.37. The van der Waals surface area contributed by atoms with Gasteiger partial charge in [0.2, 0.25) is 0 Å². The molecule has 0 aliphatic carbocycles. The molecule has 0 saturated heterocycles. The van der Waals surface area contributed by atoms with Gasteiger partial charge in [-0.2, -0.15) is 0 Å². The largest absolute Gasteiger partial charge is 0.399 e. The fourth-order valence-corrected chi connectivity index (χ4v) is 2.34. The average molecular weight is 293 g/mol. The third kappa shape index (κ3) is 4.22. The molecule has 0 aliphatic rings. The Morgan fingerprint density at radius 3 is 2.50 bits per heavy atom. The molecule has 2 N–H and O–H groups in total. The maximum Gasteiger partial charge on any atom is 0.123 e. The summed E-state index contributed by atoms with van der Waals surface area (Å²) in [5.74, 6) is -0.204. The summed E-state index contributed by atoms with van der Waals surface area (Å²) in [7, 11) is 2.04. The van der Waals surface area contributed by atoms with Gasteiger partial charge in [0.1, 0.15) is 5.82 Å². The van der Waals surface area contributed by atoms with E-state index in [4.69, 9.17) is 17.3 Å². The molecule has 0 unspecified atom stereocenters. The van der Waals surface area contributed by atoms with Gasteiger partial charge in [0.05, 0.1) is 0 Å². The van der Waals surface area contributed by atoms with Crippen molar-refractivity contribution >= 4 is 17.3 Å². The lowest BCUT2D eigenvalue weighted by Gasteiger charge is -2.17. The van der Waals surface area contributed by atoms with Crippen molar-refractivity contribution in [3.8, 4) is 0 Å². The first-order valence-corrected chi connectivity index (χ1v) is 6.89. The Morgan fingerprint density at radius 1 is 1.15 bits per heavy atom. The maximum atomic E-state index is 12.8. The second kappa shape index (κ2) is 6.73. The number of anilines is 1. The van der Waals surface area contributed by atoms with Crippen molar-refractivity contribution in [2.45, 2.75) is 13.0 Å². The third-order valence-electron chi connectivity index (χ3n) is 3.21. The van der Waals surface area contributed by atoms with E-state index in [1.165, 1.54) is 12.1 Å². The van der Waals surface area contributed by atoms with Gasteiger partial charge in [-0.15, -0.1) is 0 Å². The summed E-state index contributed by atoms with van der Waals surface area (Å²) in [4.78, 5) is 2.18. The van der Waals surface area contributed by atoms with E-state index < -0.39 is 0 Å². The Labute approximate surface area is 124 Å². The van der Waals surface area contributed by atoms with Gasteiger partial charge in [-0.3, -0.25) is 0 Å². The molecule has 106 valence electrons. The monoisotopic (exact) mass is 292 g/mol. The van der Waals surface area contributed by atoms with Gasteiger partial charge < -0.3 is 10.6 Å². The number of benzene rings is 2. The summed E-state index contributed by atoms with van der Waals surface area (Å²) in [5.41, 5.74) is 8.54. The second-order valence-electron chi connectivity index (χ2n) is 4.97. The fourth-order valence-electron chi connectivity index (χ4n) is 2.06. The minimum absolute atomic E-state index is 0.204. The van der Waals surface area contributed by atoms with Crippen molar-refractivity contribution in [1.82, 2.24) is 4.90 Å². The predicted molar refractivity (Wildman–Crippen MR) is 82.3 cm³/mol. The summed E-state index contributed by atoms with van der Waals surface area (Å²) in [6.45, 7) is 1.66. The summed E-state index contributed by atoms with van der Waals surface area (Å²) in [5, 5.41) is 0.709. The third-order valence-corrected chi connectivity index (χ3v) is 3.56. The van der Waals surface area contributed by atoms with E-state index in [2.05, 4.69) is 4.90 Å². The Balaban J connectivity index is 1.88. The van der Waals surface area contributed by atoms with Gasteiger partial charge in [-0.25, -0.2) is 4.39 Å². The van der Waals surface area contributed by atoms with Crippen LogP contribution < -0.4 is 5.73 Å². The number of hydrogen-bond acceptors (Lipinski definition) is 2. The minimum Gasteiger partial charge on any atom is -0.399 e. The molecule has 0 spiro atoms. The van der Waals surface area contributed by atoms with Crippen LogP contribution in [0.25, 0.3) is 0 Å². The molecule has 2 rings (SSSR count). The summed E-state index contributed by atoms with van der Waals surface area (Å²) in [6, 6.07) is 12.2. The number of nitrogens with two attached hydrogens (primary N) is 1. The molecule has 2 aromatic rings. The van der Waals surface area contributed by atoms with E-state index in [1.807, 2.05) is 31.3 Å². The lowest BCUT2D eigenvalue weighted by atomic mass is 10.1. The number of nitrogen functional groups attached to an aromatic ring is 1. The predicted octanol–water partition coefficient (Wildman–Crippen LogP) is 3.74. The molecular weight excluding hydrogens is 275 g/mol. The van der Waals surface area contributed by atoms with Crippen LogP contribution in [0.1, 0.15) is 11.1 Å². The number of rotatable bonds is 5. The minimum atomic E-state index is -0.204. The number of hydrogen-bond donors (Lipinski definition) is 1. The van der Waals surface area contributed by atoms with Crippen LogP contribution in [0, 0.1) is 5.82 Å². The van der Waals surface area contributed by atoms with Crippen molar-refractivity contribution in [2.24, 2.45) is 0 Å². The zero-order chi connectivity index (χ0) is 14.5. The van der Waals surface area contributed by atoms with Crippen LogP contribution in [-0.2, 0) is 13.0 Å². The van der Waals surface area contributed by atoms with Gasteiger partial charge in [0, 0.05) is 23.8 Å². The zero-order valence-electron chi connectivity index (χ0n) is 11.4. The van der Waals surface area contributed by atoms with Crippen molar-refractivity contribution in [3.05, 3.63) is 64.4 Å². The van der Waals surface area contributed by atoms with E-state index in [9.17, 15) is 4.39 Å². The van der Waals surface area contributed by atoms with Crippen molar-refractivity contribution in [1.29, 1.82) is 0 Å². The van der Waals surface area contributed by atoms with Gasteiger partial charge in [-0.05, 0) is 48.9 Å². The normalized spacial score (nSPS) is 11.0. The van der Waals surface area contributed by atoms with Gasteiger partial charge in [-0.1, -0.05) is 29.8 Å².